The molecule has 0 radical (unpaired) electrons. The Morgan fingerprint density at radius 1 is 1.00 bits per heavy atom. The minimum absolute atomic E-state index is 0.103. The highest BCUT2D eigenvalue weighted by molar-refractivity contribution is 7.99. The van der Waals surface area contributed by atoms with Crippen molar-refractivity contribution in [3.8, 4) is 22.8 Å². The van der Waals surface area contributed by atoms with E-state index in [0.717, 1.165) is 22.8 Å². The third-order valence-electron chi connectivity index (χ3n) is 4.69. The van der Waals surface area contributed by atoms with Crippen molar-refractivity contribution in [2.24, 2.45) is 0 Å². The van der Waals surface area contributed by atoms with Gasteiger partial charge in [0.1, 0.15) is 11.5 Å². The molecule has 0 spiro atoms. The first kappa shape index (κ1) is 20.7. The van der Waals surface area contributed by atoms with Crippen molar-refractivity contribution in [3.63, 3.8) is 0 Å². The summed E-state index contributed by atoms with van der Waals surface area (Å²) >= 11 is 1.49. The Labute approximate surface area is 184 Å². The number of para-hydroxylation sites is 1. The molecule has 0 aliphatic rings. The summed E-state index contributed by atoms with van der Waals surface area (Å²) in [5.41, 5.74) is 1.87. The van der Waals surface area contributed by atoms with E-state index >= 15 is 0 Å². The summed E-state index contributed by atoms with van der Waals surface area (Å²) in [6.45, 7) is 1.99. The van der Waals surface area contributed by atoms with Crippen molar-refractivity contribution >= 4 is 17.7 Å². The molecule has 0 aliphatic heterocycles. The highest BCUT2D eigenvalue weighted by atomic mass is 32.2. The molecule has 2 aromatic carbocycles. The van der Waals surface area contributed by atoms with Crippen LogP contribution >= 0.6 is 11.8 Å². The summed E-state index contributed by atoms with van der Waals surface area (Å²) in [7, 11) is 2.96. The summed E-state index contributed by atoms with van der Waals surface area (Å²) in [5.74, 6) is 1.82. The van der Waals surface area contributed by atoms with Crippen LogP contribution in [0.25, 0.3) is 17.1 Å². The fourth-order valence-corrected chi connectivity index (χ4v) is 4.03. The van der Waals surface area contributed by atoms with E-state index in [1.165, 1.54) is 18.9 Å². The summed E-state index contributed by atoms with van der Waals surface area (Å²) < 4.78 is 17.7. The lowest BCUT2D eigenvalue weighted by Gasteiger charge is -2.12. The quantitative estimate of drug-likeness (QED) is 0.292. The predicted octanol–water partition coefficient (Wildman–Crippen LogP) is 5.18. The van der Waals surface area contributed by atoms with Crippen LogP contribution < -0.4 is 4.74 Å². The smallest absolute Gasteiger partial charge is 0.373 e. The molecule has 0 amide bonds. The minimum atomic E-state index is -0.502. The molecule has 2 heterocycles. The fraction of sp³-hybridized carbons (Fsp3) is 0.174. The van der Waals surface area contributed by atoms with Crippen molar-refractivity contribution in [1.82, 2.24) is 14.8 Å². The molecule has 0 aliphatic carbocycles. The lowest BCUT2D eigenvalue weighted by Crippen LogP contribution is -2.01. The van der Waals surface area contributed by atoms with E-state index in [4.69, 9.17) is 13.9 Å². The average molecular weight is 436 g/mol. The summed E-state index contributed by atoms with van der Waals surface area (Å²) in [5, 5.41) is 9.51. The molecule has 1 unspecified atom stereocenters. The largest absolute Gasteiger partial charge is 0.497 e. The predicted molar refractivity (Wildman–Crippen MR) is 118 cm³/mol. The molecule has 7 nitrogen and oxygen atoms in total. The Kier molecular flexibility index (Phi) is 6.08. The Hall–Kier alpha value is -3.52. The molecule has 0 saturated heterocycles. The zero-order valence-electron chi connectivity index (χ0n) is 17.3. The van der Waals surface area contributed by atoms with Crippen molar-refractivity contribution < 1.29 is 18.7 Å². The summed E-state index contributed by atoms with van der Waals surface area (Å²) in [4.78, 5) is 11.7. The lowest BCUT2D eigenvalue weighted by atomic mass is 10.2. The third kappa shape index (κ3) is 4.34. The maximum absolute atomic E-state index is 11.7. The lowest BCUT2D eigenvalue weighted by molar-refractivity contribution is 0.0563. The van der Waals surface area contributed by atoms with Gasteiger partial charge in [-0.25, -0.2) is 4.79 Å². The first-order valence-electron chi connectivity index (χ1n) is 9.60. The molecule has 0 N–H and O–H groups in total. The minimum Gasteiger partial charge on any atom is -0.497 e. The molecule has 2 aromatic heterocycles. The zero-order valence-corrected chi connectivity index (χ0v) is 18.1. The molecular weight excluding hydrogens is 414 g/mol. The van der Waals surface area contributed by atoms with E-state index in [0.29, 0.717) is 10.9 Å². The van der Waals surface area contributed by atoms with E-state index in [1.54, 1.807) is 19.2 Å². The van der Waals surface area contributed by atoms with Crippen molar-refractivity contribution in [2.45, 2.75) is 17.3 Å². The van der Waals surface area contributed by atoms with E-state index in [9.17, 15) is 4.79 Å². The van der Waals surface area contributed by atoms with Crippen LogP contribution in [0.2, 0.25) is 0 Å². The molecule has 1 atom stereocenters. The number of hydrogen-bond donors (Lipinski definition) is 0. The van der Waals surface area contributed by atoms with Gasteiger partial charge in [-0.05, 0) is 55.5 Å². The standard InChI is InChI=1S/C23H21N3O4S/c1-15(19-13-14-20(30-19)22(27)29-3)31-23-25-24-21(16-9-11-18(28-2)12-10-16)26(23)17-7-5-4-6-8-17/h4-15H,1-3H3. The van der Waals surface area contributed by atoms with Crippen molar-refractivity contribution in [2.75, 3.05) is 14.2 Å². The van der Waals surface area contributed by atoms with Crippen LogP contribution in [-0.2, 0) is 4.74 Å². The molecule has 0 saturated carbocycles. The number of ether oxygens (including phenoxy) is 2. The van der Waals surface area contributed by atoms with Crippen LogP contribution in [0.15, 0.2) is 76.3 Å². The monoisotopic (exact) mass is 435 g/mol. The van der Waals surface area contributed by atoms with E-state index in [2.05, 4.69) is 10.2 Å². The Bertz CT molecular complexity index is 1170. The number of furan rings is 1. The van der Waals surface area contributed by atoms with Crippen LogP contribution in [0.4, 0.5) is 0 Å². The number of thioether (sulfide) groups is 1. The molecule has 8 heteroatoms. The highest BCUT2D eigenvalue weighted by Gasteiger charge is 2.22. The van der Waals surface area contributed by atoms with Gasteiger partial charge in [0.05, 0.1) is 19.5 Å². The summed E-state index contributed by atoms with van der Waals surface area (Å²) in [6, 6.07) is 21.0. The van der Waals surface area contributed by atoms with E-state index in [1.807, 2.05) is 66.1 Å². The van der Waals surface area contributed by atoms with E-state index < -0.39 is 5.97 Å². The molecule has 4 rings (SSSR count). The average Bonchev–Trinajstić information content (AvgIpc) is 3.47. The van der Waals surface area contributed by atoms with Crippen LogP contribution in [0.1, 0.15) is 28.5 Å². The Balaban J connectivity index is 1.69. The van der Waals surface area contributed by atoms with Crippen LogP contribution in [0.5, 0.6) is 5.75 Å². The van der Waals surface area contributed by atoms with Gasteiger partial charge in [-0.2, -0.15) is 0 Å². The maximum Gasteiger partial charge on any atom is 0.373 e. The number of methoxy groups -OCH3 is 2. The Morgan fingerprint density at radius 2 is 1.74 bits per heavy atom. The molecule has 158 valence electrons. The van der Waals surface area contributed by atoms with Crippen LogP contribution in [0.3, 0.4) is 0 Å². The second-order valence-electron chi connectivity index (χ2n) is 6.66. The van der Waals surface area contributed by atoms with Crippen molar-refractivity contribution in [3.05, 3.63) is 78.3 Å². The zero-order chi connectivity index (χ0) is 21.8. The number of rotatable bonds is 7. The number of hydrogen-bond acceptors (Lipinski definition) is 7. The van der Waals surface area contributed by atoms with Crippen LogP contribution in [-0.4, -0.2) is 35.0 Å². The van der Waals surface area contributed by atoms with Gasteiger partial charge < -0.3 is 13.9 Å². The van der Waals surface area contributed by atoms with Gasteiger partial charge >= 0.3 is 5.97 Å². The third-order valence-corrected chi connectivity index (χ3v) is 5.75. The van der Waals surface area contributed by atoms with Gasteiger partial charge in [0.15, 0.2) is 11.0 Å². The number of carbonyl (C=O) groups is 1. The van der Waals surface area contributed by atoms with Gasteiger partial charge in [0.25, 0.3) is 0 Å². The Morgan fingerprint density at radius 3 is 2.42 bits per heavy atom. The summed E-state index contributed by atoms with van der Waals surface area (Å²) in [6.07, 6.45) is 0. The normalized spacial score (nSPS) is 11.8. The van der Waals surface area contributed by atoms with Gasteiger partial charge in [-0.3, -0.25) is 4.57 Å². The molecular formula is C23H21N3O4S. The van der Waals surface area contributed by atoms with E-state index in [-0.39, 0.29) is 11.0 Å². The topological polar surface area (TPSA) is 79.4 Å². The van der Waals surface area contributed by atoms with Gasteiger partial charge in [0, 0.05) is 11.3 Å². The maximum atomic E-state index is 11.7. The SMILES string of the molecule is COC(=O)c1ccc(C(C)Sc2nnc(-c3ccc(OC)cc3)n2-c2ccccc2)o1. The van der Waals surface area contributed by atoms with Gasteiger partial charge in [-0.1, -0.05) is 30.0 Å². The number of esters is 1. The highest BCUT2D eigenvalue weighted by Crippen LogP contribution is 2.37. The first-order chi connectivity index (χ1) is 15.1. The van der Waals surface area contributed by atoms with Crippen LogP contribution in [0, 0.1) is 0 Å². The fourth-order valence-electron chi connectivity index (χ4n) is 3.08. The number of aromatic nitrogens is 3. The number of nitrogens with zero attached hydrogens (tertiary/aromatic N) is 3. The molecule has 4 aromatic rings. The number of carbonyl (C=O) groups excluding carboxylic acids is 1. The molecule has 0 bridgehead atoms. The number of benzene rings is 2. The second-order valence-corrected chi connectivity index (χ2v) is 7.97. The van der Waals surface area contributed by atoms with Gasteiger partial charge in [-0.15, -0.1) is 10.2 Å². The molecule has 31 heavy (non-hydrogen) atoms. The second kappa shape index (κ2) is 9.09. The van der Waals surface area contributed by atoms with Gasteiger partial charge in [0.2, 0.25) is 5.76 Å². The first-order valence-corrected chi connectivity index (χ1v) is 10.5. The molecule has 0 fully saturated rings. The van der Waals surface area contributed by atoms with Crippen molar-refractivity contribution in [1.29, 1.82) is 0 Å².